The van der Waals surface area contributed by atoms with Crippen LogP contribution in [0.5, 0.6) is 5.88 Å². The second kappa shape index (κ2) is 6.23. The average molecular weight is 374 g/mol. The van der Waals surface area contributed by atoms with Gasteiger partial charge >= 0.3 is 0 Å². The Hall–Kier alpha value is -3.15. The normalized spacial score (nSPS) is 18.6. The molecule has 1 atom stereocenters. The maximum atomic E-state index is 6.71. The molecule has 4 rings (SSSR count). The highest BCUT2D eigenvalue weighted by molar-refractivity contribution is 5.93. The monoisotopic (exact) mass is 374 g/mol. The fourth-order valence-corrected chi connectivity index (χ4v) is 3.01. The Balaban J connectivity index is 1.83. The smallest absolute Gasteiger partial charge is 0.256 e. The van der Waals surface area contributed by atoms with E-state index in [0.29, 0.717) is 60.2 Å². The standard InChI is InChI=1S/C15H22N10O2/c1-5-9-19-21-13-15(16,14(27-7-3)23-25(9)13)17-10-11-20-18-8(4)24(11)22-12(10)26-6-2/h17,22H,5-7,16H2,1-4H3. The summed E-state index contributed by atoms with van der Waals surface area (Å²) in [7, 11) is 0. The first-order valence-electron chi connectivity index (χ1n) is 8.84. The van der Waals surface area contributed by atoms with Gasteiger partial charge in [-0.1, -0.05) is 6.92 Å². The van der Waals surface area contributed by atoms with Crippen molar-refractivity contribution < 1.29 is 9.47 Å². The van der Waals surface area contributed by atoms with Crippen molar-refractivity contribution >= 4 is 17.2 Å². The van der Waals surface area contributed by atoms with E-state index < -0.39 is 5.66 Å². The van der Waals surface area contributed by atoms with E-state index in [0.717, 1.165) is 0 Å². The molecule has 0 saturated carbocycles. The molecule has 144 valence electrons. The van der Waals surface area contributed by atoms with Crippen molar-refractivity contribution in [2.75, 3.05) is 18.5 Å². The van der Waals surface area contributed by atoms with Gasteiger partial charge in [-0.05, 0) is 20.8 Å². The number of rotatable bonds is 6. The Morgan fingerprint density at radius 2 is 1.89 bits per heavy atom. The summed E-state index contributed by atoms with van der Waals surface area (Å²) >= 11 is 0. The highest BCUT2D eigenvalue weighted by Gasteiger charge is 2.47. The lowest BCUT2D eigenvalue weighted by Gasteiger charge is -2.25. The molecule has 0 aromatic carbocycles. The lowest BCUT2D eigenvalue weighted by Crippen LogP contribution is -2.51. The van der Waals surface area contributed by atoms with Gasteiger partial charge in [-0.3, -0.25) is 10.8 Å². The van der Waals surface area contributed by atoms with Crippen molar-refractivity contribution in [1.82, 2.24) is 34.7 Å². The van der Waals surface area contributed by atoms with E-state index in [1.54, 1.807) is 9.19 Å². The Morgan fingerprint density at radius 3 is 2.59 bits per heavy atom. The van der Waals surface area contributed by atoms with E-state index in [-0.39, 0.29) is 0 Å². The molecule has 0 fully saturated rings. The first-order chi connectivity index (χ1) is 13.0. The number of anilines is 1. The van der Waals surface area contributed by atoms with Crippen LogP contribution >= 0.6 is 0 Å². The number of nitrogens with one attached hydrogen (secondary N) is 2. The van der Waals surface area contributed by atoms with Crippen LogP contribution in [-0.2, 0) is 16.8 Å². The van der Waals surface area contributed by atoms with E-state index in [4.69, 9.17) is 15.2 Å². The summed E-state index contributed by atoms with van der Waals surface area (Å²) in [5, 5.41) is 27.5. The van der Waals surface area contributed by atoms with Crippen LogP contribution in [0.3, 0.4) is 0 Å². The molecule has 0 amide bonds. The molecular weight excluding hydrogens is 352 g/mol. The van der Waals surface area contributed by atoms with E-state index in [2.05, 4.69) is 35.9 Å². The van der Waals surface area contributed by atoms with Gasteiger partial charge in [0.15, 0.2) is 5.82 Å². The summed E-state index contributed by atoms with van der Waals surface area (Å²) in [6, 6.07) is 0. The molecule has 4 N–H and O–H groups in total. The second-order valence-corrected chi connectivity index (χ2v) is 6.03. The second-order valence-electron chi connectivity index (χ2n) is 6.03. The molecule has 4 heterocycles. The zero-order valence-electron chi connectivity index (χ0n) is 15.6. The molecular formula is C15H22N10O2. The maximum Gasteiger partial charge on any atom is 0.256 e. The fraction of sp³-hybridized carbons (Fsp3) is 0.533. The van der Waals surface area contributed by atoms with Crippen LogP contribution < -0.4 is 15.8 Å². The highest BCUT2D eigenvalue weighted by atomic mass is 16.5. The van der Waals surface area contributed by atoms with Crippen molar-refractivity contribution in [2.24, 2.45) is 10.8 Å². The number of nitrogens with two attached hydrogens (primary N) is 1. The molecule has 12 nitrogen and oxygen atoms in total. The summed E-state index contributed by atoms with van der Waals surface area (Å²) in [6.45, 7) is 8.43. The minimum atomic E-state index is -1.33. The molecule has 3 aromatic rings. The minimum Gasteiger partial charge on any atom is -0.477 e. The van der Waals surface area contributed by atoms with E-state index in [1.165, 1.54) is 0 Å². The number of aromatic amines is 1. The van der Waals surface area contributed by atoms with Crippen LogP contribution in [0.25, 0.3) is 5.65 Å². The van der Waals surface area contributed by atoms with Gasteiger partial charge in [-0.2, -0.15) is 4.68 Å². The third kappa shape index (κ3) is 2.44. The SMILES string of the molecule is CCOC1=Nn2c(CC)nnc2C1(N)Nc1c(OCC)[nH]n2c(C)nnc12. The lowest BCUT2D eigenvalue weighted by molar-refractivity contribution is 0.297. The van der Waals surface area contributed by atoms with Crippen LogP contribution in [0, 0.1) is 6.92 Å². The summed E-state index contributed by atoms with van der Waals surface area (Å²) in [5.74, 6) is 2.59. The number of nitrogens with zero attached hydrogens (tertiary/aromatic N) is 7. The zero-order chi connectivity index (χ0) is 19.2. The number of aryl methyl sites for hydroxylation is 2. The molecule has 0 aliphatic carbocycles. The molecule has 27 heavy (non-hydrogen) atoms. The molecule has 12 heteroatoms. The Kier molecular flexibility index (Phi) is 3.98. The van der Waals surface area contributed by atoms with Crippen molar-refractivity contribution in [1.29, 1.82) is 0 Å². The third-order valence-electron chi connectivity index (χ3n) is 4.28. The van der Waals surface area contributed by atoms with E-state index in [9.17, 15) is 0 Å². The van der Waals surface area contributed by atoms with Crippen LogP contribution in [0.15, 0.2) is 5.10 Å². The Bertz CT molecular complexity index is 1020. The molecule has 0 saturated heterocycles. The van der Waals surface area contributed by atoms with Gasteiger partial charge in [0.05, 0.1) is 13.2 Å². The zero-order valence-corrected chi connectivity index (χ0v) is 15.6. The minimum absolute atomic E-state index is 0.294. The number of ether oxygens (including phenoxy) is 2. The first-order valence-corrected chi connectivity index (χ1v) is 8.84. The summed E-state index contributed by atoms with van der Waals surface area (Å²) < 4.78 is 14.7. The predicted octanol–water partition coefficient (Wildman–Crippen LogP) is 0.354. The van der Waals surface area contributed by atoms with Crippen LogP contribution in [0.2, 0.25) is 0 Å². The summed E-state index contributed by atoms with van der Waals surface area (Å²) in [4.78, 5) is 0. The molecule has 1 aliphatic rings. The fourth-order valence-electron chi connectivity index (χ4n) is 3.01. The third-order valence-corrected chi connectivity index (χ3v) is 4.28. The summed E-state index contributed by atoms with van der Waals surface area (Å²) in [5.41, 5.74) is 6.47. The van der Waals surface area contributed by atoms with Crippen molar-refractivity contribution in [3.63, 3.8) is 0 Å². The van der Waals surface area contributed by atoms with E-state index in [1.807, 2.05) is 27.7 Å². The van der Waals surface area contributed by atoms with Crippen molar-refractivity contribution in [2.45, 2.75) is 39.8 Å². The van der Waals surface area contributed by atoms with Gasteiger partial charge in [-0.15, -0.1) is 25.5 Å². The molecule has 1 aliphatic heterocycles. The van der Waals surface area contributed by atoms with E-state index >= 15 is 0 Å². The molecule has 0 bridgehead atoms. The van der Waals surface area contributed by atoms with Crippen LogP contribution in [0.1, 0.15) is 38.2 Å². The highest BCUT2D eigenvalue weighted by Crippen LogP contribution is 2.35. The van der Waals surface area contributed by atoms with Gasteiger partial charge in [0, 0.05) is 6.42 Å². The number of hydrogen-bond donors (Lipinski definition) is 3. The molecule has 0 radical (unpaired) electrons. The van der Waals surface area contributed by atoms with Crippen LogP contribution in [-0.4, -0.2) is 53.8 Å². The van der Waals surface area contributed by atoms with Crippen molar-refractivity contribution in [3.8, 4) is 5.88 Å². The number of hydrogen-bond acceptors (Lipinski definition) is 9. The Labute approximate surface area is 154 Å². The maximum absolute atomic E-state index is 6.71. The summed E-state index contributed by atoms with van der Waals surface area (Å²) in [6.07, 6.45) is 0.661. The number of H-pyrrole nitrogens is 1. The number of aromatic nitrogens is 7. The Morgan fingerprint density at radius 1 is 1.11 bits per heavy atom. The topological polar surface area (TPSA) is 146 Å². The first kappa shape index (κ1) is 17.3. The van der Waals surface area contributed by atoms with Gasteiger partial charge < -0.3 is 14.8 Å². The largest absolute Gasteiger partial charge is 0.477 e. The number of fused-ring (bicyclic) bond motifs is 2. The molecule has 0 spiro atoms. The predicted molar refractivity (Wildman–Crippen MR) is 96.6 cm³/mol. The van der Waals surface area contributed by atoms with Crippen molar-refractivity contribution in [3.05, 3.63) is 17.5 Å². The van der Waals surface area contributed by atoms with Gasteiger partial charge in [-0.25, -0.2) is 4.52 Å². The van der Waals surface area contributed by atoms with Gasteiger partial charge in [0.2, 0.25) is 23.0 Å². The molecule has 1 unspecified atom stereocenters. The lowest BCUT2D eigenvalue weighted by atomic mass is 10.1. The van der Waals surface area contributed by atoms with Gasteiger partial charge in [0.25, 0.3) is 5.90 Å². The quantitative estimate of drug-likeness (QED) is 0.524. The van der Waals surface area contributed by atoms with Crippen LogP contribution in [0.4, 0.5) is 5.69 Å². The molecule has 3 aromatic heterocycles. The average Bonchev–Trinajstić information content (AvgIpc) is 3.36. The van der Waals surface area contributed by atoms with Gasteiger partial charge in [0.1, 0.15) is 11.5 Å².